The molecule has 4 unspecified atom stereocenters. The standard InChI is InChI=1S/C30H23Br2NO6/c31-15-3-8-23(35)20(11-15)25-17-6-7-18-26(19(17)12-21-27(25)24(36)13-22(32)28(21)37)30(39)33(29(18)38)10-9-14-1-4-16(34)5-2-14/h1-6,8,11,13,18-19,25-26,34-35H,7,9-10,12H2. The number of amides is 2. The Hall–Kier alpha value is -3.30. The van der Waals surface area contributed by atoms with E-state index in [0.717, 1.165) is 11.1 Å². The molecule has 2 N–H and O–H groups in total. The predicted octanol–water partition coefficient (Wildman–Crippen LogP) is 4.87. The van der Waals surface area contributed by atoms with E-state index in [4.69, 9.17) is 0 Å². The number of nitrogens with zero attached hydrogens (tertiary/aromatic N) is 1. The zero-order chi connectivity index (χ0) is 27.6. The lowest BCUT2D eigenvalue weighted by atomic mass is 9.59. The second-order valence-corrected chi connectivity index (χ2v) is 12.1. The SMILES string of the molecule is O=C1C=C(Br)C(=O)C2=C1C(c1cc(Br)ccc1O)C1=CCC3C(=O)N(CCc4ccc(O)cc4)C(=O)C3C1C2. The van der Waals surface area contributed by atoms with Crippen molar-refractivity contribution >= 4 is 55.2 Å². The third-order valence-corrected chi connectivity index (χ3v) is 9.37. The average Bonchev–Trinajstić information content (AvgIpc) is 3.16. The highest BCUT2D eigenvalue weighted by molar-refractivity contribution is 9.12. The molecule has 0 spiro atoms. The molecule has 4 aliphatic rings. The van der Waals surface area contributed by atoms with Crippen LogP contribution >= 0.6 is 31.9 Å². The van der Waals surface area contributed by atoms with Gasteiger partial charge in [-0.1, -0.05) is 39.7 Å². The van der Waals surface area contributed by atoms with Gasteiger partial charge >= 0.3 is 0 Å². The van der Waals surface area contributed by atoms with Crippen molar-refractivity contribution in [1.29, 1.82) is 0 Å². The number of Topliss-reactive ketones (excluding diaryl/α,β-unsaturated/α-hetero) is 1. The molecule has 0 saturated carbocycles. The third-order valence-electron chi connectivity index (χ3n) is 8.28. The van der Waals surface area contributed by atoms with Crippen molar-refractivity contribution < 1.29 is 29.4 Å². The van der Waals surface area contributed by atoms with Crippen LogP contribution in [0.25, 0.3) is 0 Å². The van der Waals surface area contributed by atoms with E-state index in [1.807, 2.05) is 6.08 Å². The Morgan fingerprint density at radius 3 is 2.41 bits per heavy atom. The van der Waals surface area contributed by atoms with E-state index in [1.54, 1.807) is 36.4 Å². The van der Waals surface area contributed by atoms with Crippen LogP contribution in [0.15, 0.2) is 80.3 Å². The zero-order valence-electron chi connectivity index (χ0n) is 20.6. The maximum Gasteiger partial charge on any atom is 0.233 e. The van der Waals surface area contributed by atoms with Gasteiger partial charge in [0.2, 0.25) is 11.8 Å². The molecule has 9 heteroatoms. The highest BCUT2D eigenvalue weighted by atomic mass is 79.9. The highest BCUT2D eigenvalue weighted by Crippen LogP contribution is 2.56. The normalized spacial score (nSPS) is 26.3. The number of aromatic hydroxyl groups is 2. The first-order valence-electron chi connectivity index (χ1n) is 12.7. The van der Waals surface area contributed by atoms with Crippen LogP contribution in [0.3, 0.4) is 0 Å². The third kappa shape index (κ3) is 4.23. The first-order chi connectivity index (χ1) is 18.7. The molecule has 0 radical (unpaired) electrons. The van der Waals surface area contributed by atoms with Crippen LogP contribution < -0.4 is 0 Å². The molecule has 2 aromatic rings. The number of benzene rings is 2. The first kappa shape index (κ1) is 26.0. The van der Waals surface area contributed by atoms with Crippen molar-refractivity contribution in [3.63, 3.8) is 0 Å². The molecule has 39 heavy (non-hydrogen) atoms. The van der Waals surface area contributed by atoms with Crippen molar-refractivity contribution in [3.8, 4) is 11.5 Å². The molecule has 1 fully saturated rings. The van der Waals surface area contributed by atoms with Gasteiger partial charge in [0.1, 0.15) is 11.5 Å². The van der Waals surface area contributed by atoms with Gasteiger partial charge in [0.15, 0.2) is 11.6 Å². The summed E-state index contributed by atoms with van der Waals surface area (Å²) in [4.78, 5) is 55.2. The quantitative estimate of drug-likeness (QED) is 0.277. The van der Waals surface area contributed by atoms with E-state index in [1.165, 1.54) is 17.0 Å². The van der Waals surface area contributed by atoms with Gasteiger partial charge in [0.05, 0.1) is 16.3 Å². The Morgan fingerprint density at radius 1 is 0.923 bits per heavy atom. The van der Waals surface area contributed by atoms with Gasteiger partial charge < -0.3 is 10.2 Å². The fourth-order valence-corrected chi connectivity index (χ4v) is 7.33. The summed E-state index contributed by atoms with van der Waals surface area (Å²) in [5.41, 5.74) is 2.79. The molecule has 3 aliphatic carbocycles. The fraction of sp³-hybridized carbons (Fsp3) is 0.267. The lowest BCUT2D eigenvalue weighted by molar-refractivity contribution is -0.140. The van der Waals surface area contributed by atoms with Crippen molar-refractivity contribution in [3.05, 3.63) is 91.4 Å². The molecule has 198 valence electrons. The van der Waals surface area contributed by atoms with Gasteiger partial charge in [0.25, 0.3) is 0 Å². The zero-order valence-corrected chi connectivity index (χ0v) is 23.7. The molecular formula is C30H23Br2NO6. The van der Waals surface area contributed by atoms with E-state index in [2.05, 4.69) is 31.9 Å². The minimum absolute atomic E-state index is 0.0167. The van der Waals surface area contributed by atoms with E-state index < -0.39 is 23.7 Å². The number of likely N-dealkylation sites (tertiary alicyclic amines) is 1. The fourth-order valence-electron chi connectivity index (χ4n) is 6.51. The van der Waals surface area contributed by atoms with E-state index in [-0.39, 0.29) is 52.3 Å². The van der Waals surface area contributed by atoms with Crippen molar-refractivity contribution in [2.75, 3.05) is 6.54 Å². The summed E-state index contributed by atoms with van der Waals surface area (Å²) in [7, 11) is 0. The van der Waals surface area contributed by atoms with Crippen LogP contribution in [0, 0.1) is 17.8 Å². The summed E-state index contributed by atoms with van der Waals surface area (Å²) in [6, 6.07) is 11.6. The molecular weight excluding hydrogens is 630 g/mol. The van der Waals surface area contributed by atoms with Crippen LogP contribution in [0.4, 0.5) is 0 Å². The Balaban J connectivity index is 1.39. The number of allylic oxidation sites excluding steroid dienone is 6. The molecule has 4 atom stereocenters. The summed E-state index contributed by atoms with van der Waals surface area (Å²) in [6.07, 6.45) is 4.17. The summed E-state index contributed by atoms with van der Waals surface area (Å²) in [5.74, 6) is -3.37. The Kier molecular flexibility index (Phi) is 6.46. The van der Waals surface area contributed by atoms with Gasteiger partial charge in [-0.05, 0) is 77.0 Å². The van der Waals surface area contributed by atoms with Gasteiger partial charge in [-0.15, -0.1) is 0 Å². The second-order valence-electron chi connectivity index (χ2n) is 10.3. The topological polar surface area (TPSA) is 112 Å². The summed E-state index contributed by atoms with van der Waals surface area (Å²) in [5, 5.41) is 20.4. The van der Waals surface area contributed by atoms with E-state index in [0.29, 0.717) is 34.0 Å². The number of hydrogen-bond donors (Lipinski definition) is 2. The molecule has 1 aliphatic heterocycles. The monoisotopic (exact) mass is 651 g/mol. The van der Waals surface area contributed by atoms with E-state index in [9.17, 15) is 29.4 Å². The van der Waals surface area contributed by atoms with Crippen LogP contribution in [0.5, 0.6) is 11.5 Å². The number of imide groups is 1. The number of hydrogen-bond acceptors (Lipinski definition) is 6. The van der Waals surface area contributed by atoms with Crippen LogP contribution in [0.2, 0.25) is 0 Å². The first-order valence-corrected chi connectivity index (χ1v) is 14.2. The number of rotatable bonds is 4. The molecule has 0 aromatic heterocycles. The number of carbonyl (C=O) groups excluding carboxylic acids is 4. The molecule has 1 saturated heterocycles. The smallest absolute Gasteiger partial charge is 0.233 e. The van der Waals surface area contributed by atoms with Crippen LogP contribution in [-0.2, 0) is 25.6 Å². The number of phenolic OH excluding ortho intramolecular Hbond substituents is 2. The van der Waals surface area contributed by atoms with Crippen molar-refractivity contribution in [2.45, 2.75) is 25.2 Å². The summed E-state index contributed by atoms with van der Waals surface area (Å²) in [6.45, 7) is 0.215. The minimum Gasteiger partial charge on any atom is -0.508 e. The molecule has 2 aromatic carbocycles. The van der Waals surface area contributed by atoms with Crippen molar-refractivity contribution in [1.82, 2.24) is 4.90 Å². The summed E-state index contributed by atoms with van der Waals surface area (Å²) < 4.78 is 0.861. The number of phenols is 2. The highest BCUT2D eigenvalue weighted by Gasteiger charge is 2.56. The number of halogens is 2. The van der Waals surface area contributed by atoms with Gasteiger partial charge in [-0.25, -0.2) is 0 Å². The minimum atomic E-state index is -0.709. The molecule has 0 bridgehead atoms. The largest absolute Gasteiger partial charge is 0.508 e. The predicted molar refractivity (Wildman–Crippen MR) is 149 cm³/mol. The summed E-state index contributed by atoms with van der Waals surface area (Å²) >= 11 is 6.67. The maximum absolute atomic E-state index is 13.8. The van der Waals surface area contributed by atoms with Gasteiger partial charge in [-0.2, -0.15) is 0 Å². The van der Waals surface area contributed by atoms with E-state index >= 15 is 0 Å². The average molecular weight is 653 g/mol. The number of carbonyl (C=O) groups is 4. The lowest BCUT2D eigenvalue weighted by Crippen LogP contribution is -2.39. The van der Waals surface area contributed by atoms with Crippen LogP contribution in [0.1, 0.15) is 29.9 Å². The Labute approximate surface area is 241 Å². The van der Waals surface area contributed by atoms with Gasteiger partial charge in [0, 0.05) is 39.7 Å². The Morgan fingerprint density at radius 2 is 1.67 bits per heavy atom. The lowest BCUT2D eigenvalue weighted by Gasteiger charge is -2.42. The van der Waals surface area contributed by atoms with Gasteiger partial charge in [-0.3, -0.25) is 24.1 Å². The molecule has 6 rings (SSSR count). The van der Waals surface area contributed by atoms with Crippen molar-refractivity contribution in [2.24, 2.45) is 17.8 Å². The number of fused-ring (bicyclic) bond motifs is 3. The second kappa shape index (κ2) is 9.71. The molecule has 1 heterocycles. The maximum atomic E-state index is 13.8. The Bertz CT molecular complexity index is 1550. The number of ketones is 2. The molecule has 2 amide bonds. The van der Waals surface area contributed by atoms with Crippen LogP contribution in [-0.4, -0.2) is 45.0 Å². The molecule has 7 nitrogen and oxygen atoms in total.